The minimum atomic E-state index is -1.02. The van der Waals surface area contributed by atoms with Gasteiger partial charge in [-0.3, -0.25) is 4.57 Å². The summed E-state index contributed by atoms with van der Waals surface area (Å²) in [6.45, 7) is 7.35. The summed E-state index contributed by atoms with van der Waals surface area (Å²) in [7, 11) is -1.02. The van der Waals surface area contributed by atoms with Crippen LogP contribution in [-0.4, -0.2) is 32.9 Å². The third kappa shape index (κ3) is 2.15. The maximum atomic E-state index is 8.29. The van der Waals surface area contributed by atoms with Gasteiger partial charge in [0.05, 0.1) is 18.1 Å². The lowest BCUT2D eigenvalue weighted by molar-refractivity contribution is 0.00578. The predicted octanol–water partition coefficient (Wildman–Crippen LogP) is 1.57. The van der Waals surface area contributed by atoms with E-state index < -0.39 is 43.0 Å². The van der Waals surface area contributed by atoms with Crippen molar-refractivity contribution in [1.82, 2.24) is 14.5 Å². The highest BCUT2D eigenvalue weighted by Crippen LogP contribution is 2.36. The normalized spacial score (nSPS) is 24.5. The summed E-state index contributed by atoms with van der Waals surface area (Å²) in [6, 6.07) is -0.734. The SMILES string of the molecule is [2H]c1nc(-n2c([2H])nc([2H])c2[2H])c([2H])c([2H])c1B1OC(C)(C)C(C)(C)O1. The van der Waals surface area contributed by atoms with Crippen LogP contribution in [0.2, 0.25) is 0 Å². The van der Waals surface area contributed by atoms with Crippen LogP contribution in [0.15, 0.2) is 36.9 Å². The lowest BCUT2D eigenvalue weighted by atomic mass is 9.80. The van der Waals surface area contributed by atoms with Crippen molar-refractivity contribution in [2.45, 2.75) is 38.9 Å². The van der Waals surface area contributed by atoms with E-state index in [9.17, 15) is 0 Å². The van der Waals surface area contributed by atoms with Gasteiger partial charge in [-0.1, -0.05) is 6.04 Å². The van der Waals surface area contributed by atoms with Crippen molar-refractivity contribution in [3.63, 3.8) is 0 Å². The molecule has 0 N–H and O–H groups in total. The summed E-state index contributed by atoms with van der Waals surface area (Å²) < 4.78 is 60.3. The Kier molecular flexibility index (Phi) is 1.76. The number of pyridine rings is 1. The van der Waals surface area contributed by atoms with Crippen LogP contribution in [0, 0.1) is 0 Å². The number of hydrogen-bond acceptors (Lipinski definition) is 4. The van der Waals surface area contributed by atoms with Crippen molar-refractivity contribution >= 4 is 12.6 Å². The van der Waals surface area contributed by atoms with Crippen LogP contribution in [0.25, 0.3) is 5.82 Å². The minimum absolute atomic E-state index is 0.0154. The van der Waals surface area contributed by atoms with Gasteiger partial charge in [-0.15, -0.1) is 0 Å². The van der Waals surface area contributed by atoms with Crippen molar-refractivity contribution in [2.24, 2.45) is 0 Å². The summed E-state index contributed by atoms with van der Waals surface area (Å²) in [5, 5.41) is 0. The second-order valence-electron chi connectivity index (χ2n) is 5.57. The van der Waals surface area contributed by atoms with Crippen LogP contribution in [0.1, 0.15) is 35.9 Å². The van der Waals surface area contributed by atoms with Gasteiger partial charge < -0.3 is 9.31 Å². The fraction of sp³-hybridized carbons (Fsp3) is 0.429. The molecule has 3 heterocycles. The predicted molar refractivity (Wildman–Crippen MR) is 77.1 cm³/mol. The van der Waals surface area contributed by atoms with Gasteiger partial charge in [-0.2, -0.15) is 0 Å². The standard InChI is InChI=1S/C14H18BN3O2/c1-13(2)14(3,4)20-15(19-13)11-5-6-12(17-9-11)18-8-7-16-10-18/h5-10H,1-4H3/i5D,6D,7D,8D,9D,10D. The molecule has 0 radical (unpaired) electrons. The molecule has 1 aliphatic heterocycles. The zero-order chi connectivity index (χ0) is 19.6. The summed E-state index contributed by atoms with van der Waals surface area (Å²) in [4.78, 5) is 7.52. The van der Waals surface area contributed by atoms with E-state index >= 15 is 0 Å². The van der Waals surface area contributed by atoms with Crippen molar-refractivity contribution in [3.8, 4) is 5.82 Å². The molecule has 0 aromatic carbocycles. The molecule has 0 amide bonds. The summed E-state index contributed by atoms with van der Waals surface area (Å²) >= 11 is 0. The molecule has 5 nitrogen and oxygen atoms in total. The summed E-state index contributed by atoms with van der Waals surface area (Å²) in [5.74, 6) is -0.263. The molecule has 0 bridgehead atoms. The second kappa shape index (κ2) is 4.43. The molecule has 6 heteroatoms. The average molecular weight is 277 g/mol. The van der Waals surface area contributed by atoms with Crippen LogP contribution < -0.4 is 5.46 Å². The first-order chi connectivity index (χ1) is 11.9. The maximum Gasteiger partial charge on any atom is 0.496 e. The van der Waals surface area contributed by atoms with Gasteiger partial charge in [0.15, 0.2) is 0 Å². The van der Waals surface area contributed by atoms with E-state index in [1.54, 1.807) is 0 Å². The molecule has 1 saturated heterocycles. The smallest absolute Gasteiger partial charge is 0.399 e. The lowest BCUT2D eigenvalue weighted by Gasteiger charge is -2.32. The molecule has 0 aliphatic carbocycles. The number of imidazole rings is 1. The molecule has 2 aromatic rings. The number of nitrogens with zero attached hydrogens (tertiary/aromatic N) is 3. The van der Waals surface area contributed by atoms with E-state index in [-0.39, 0.29) is 23.5 Å². The Morgan fingerprint density at radius 3 is 2.50 bits per heavy atom. The van der Waals surface area contributed by atoms with Crippen molar-refractivity contribution in [1.29, 1.82) is 0 Å². The van der Waals surface area contributed by atoms with E-state index in [1.165, 1.54) is 0 Å². The number of rotatable bonds is 2. The Labute approximate surface area is 127 Å². The molecule has 0 atom stereocenters. The zero-order valence-corrected chi connectivity index (χ0v) is 11.7. The van der Waals surface area contributed by atoms with E-state index in [0.29, 0.717) is 0 Å². The molecular formula is C14H18BN3O2. The Bertz CT molecular complexity index is 886. The third-order valence-electron chi connectivity index (χ3n) is 3.66. The topological polar surface area (TPSA) is 49.2 Å². The average Bonchev–Trinajstić information content (AvgIpc) is 2.87. The van der Waals surface area contributed by atoms with Crippen LogP contribution >= 0.6 is 0 Å². The zero-order valence-electron chi connectivity index (χ0n) is 17.7. The molecule has 1 aliphatic rings. The Hall–Kier alpha value is -1.66. The molecule has 3 rings (SSSR count). The first kappa shape index (κ1) is 7.95. The second-order valence-corrected chi connectivity index (χ2v) is 5.57. The number of hydrogen-bond donors (Lipinski definition) is 0. The highest BCUT2D eigenvalue weighted by Gasteiger charge is 2.51. The Morgan fingerprint density at radius 1 is 1.20 bits per heavy atom. The first-order valence-electron chi connectivity index (χ1n) is 9.23. The molecule has 0 spiro atoms. The molecule has 2 aromatic heterocycles. The summed E-state index contributed by atoms with van der Waals surface area (Å²) in [6.07, 6.45) is -1.68. The fourth-order valence-electron chi connectivity index (χ4n) is 1.75. The molecular weight excluding hydrogens is 253 g/mol. The van der Waals surface area contributed by atoms with Gasteiger partial charge in [0.25, 0.3) is 0 Å². The van der Waals surface area contributed by atoms with Gasteiger partial charge >= 0.3 is 7.12 Å². The highest BCUT2D eigenvalue weighted by atomic mass is 16.7. The number of aromatic nitrogens is 3. The first-order valence-corrected chi connectivity index (χ1v) is 6.23. The van der Waals surface area contributed by atoms with Crippen LogP contribution in [0.4, 0.5) is 0 Å². The van der Waals surface area contributed by atoms with Crippen molar-refractivity contribution in [2.75, 3.05) is 0 Å². The van der Waals surface area contributed by atoms with E-state index in [0.717, 1.165) is 4.57 Å². The molecule has 1 fully saturated rings. The Morgan fingerprint density at radius 2 is 1.90 bits per heavy atom. The van der Waals surface area contributed by atoms with Gasteiger partial charge in [0, 0.05) is 24.0 Å². The largest absolute Gasteiger partial charge is 0.496 e. The van der Waals surface area contributed by atoms with E-state index in [4.69, 9.17) is 17.5 Å². The fourth-order valence-corrected chi connectivity index (χ4v) is 1.75. The van der Waals surface area contributed by atoms with Crippen molar-refractivity contribution in [3.05, 3.63) is 36.9 Å². The minimum Gasteiger partial charge on any atom is -0.399 e. The third-order valence-corrected chi connectivity index (χ3v) is 3.66. The molecule has 0 saturated carbocycles. The molecule has 0 unspecified atom stereocenters. The maximum absolute atomic E-state index is 8.29. The summed E-state index contributed by atoms with van der Waals surface area (Å²) in [5.41, 5.74) is -1.34. The van der Waals surface area contributed by atoms with Crippen LogP contribution in [0.3, 0.4) is 0 Å². The van der Waals surface area contributed by atoms with Gasteiger partial charge in [0.2, 0.25) is 0 Å². The molecule has 20 heavy (non-hydrogen) atoms. The van der Waals surface area contributed by atoms with Gasteiger partial charge in [-0.05, 0) is 33.7 Å². The van der Waals surface area contributed by atoms with Crippen LogP contribution in [-0.2, 0) is 9.31 Å². The highest BCUT2D eigenvalue weighted by molar-refractivity contribution is 6.62. The van der Waals surface area contributed by atoms with Crippen LogP contribution in [0.5, 0.6) is 0 Å². The van der Waals surface area contributed by atoms with Gasteiger partial charge in [0.1, 0.15) is 13.5 Å². The van der Waals surface area contributed by atoms with E-state index in [1.807, 2.05) is 27.7 Å². The van der Waals surface area contributed by atoms with E-state index in [2.05, 4.69) is 9.97 Å². The molecule has 104 valence electrons. The monoisotopic (exact) mass is 277 g/mol. The lowest BCUT2D eigenvalue weighted by Crippen LogP contribution is -2.41. The van der Waals surface area contributed by atoms with Crippen molar-refractivity contribution < 1.29 is 17.5 Å². The van der Waals surface area contributed by atoms with Gasteiger partial charge in [-0.25, -0.2) is 9.97 Å². The quantitative estimate of drug-likeness (QED) is 0.782. The Balaban J connectivity index is 2.14.